The zero-order valence-electron chi connectivity index (χ0n) is 12.4. The van der Waals surface area contributed by atoms with Gasteiger partial charge in [-0.05, 0) is 43.9 Å². The number of carboxylic acid groups (broad SMARTS) is 1. The van der Waals surface area contributed by atoms with Gasteiger partial charge in [0.15, 0.2) is 0 Å². The Morgan fingerprint density at radius 3 is 2.32 bits per heavy atom. The molecule has 0 amide bonds. The van der Waals surface area contributed by atoms with Gasteiger partial charge in [0.2, 0.25) is 0 Å². The van der Waals surface area contributed by atoms with Gasteiger partial charge < -0.3 is 10.4 Å². The van der Waals surface area contributed by atoms with E-state index in [1.807, 2.05) is 0 Å². The number of aliphatic carboxylic acids is 1. The topological polar surface area (TPSA) is 49.3 Å². The minimum absolute atomic E-state index is 0.115. The van der Waals surface area contributed by atoms with Crippen LogP contribution in [0.3, 0.4) is 0 Å². The van der Waals surface area contributed by atoms with Crippen molar-refractivity contribution in [3.05, 3.63) is 0 Å². The monoisotopic (exact) mass is 267 g/mol. The van der Waals surface area contributed by atoms with Crippen LogP contribution < -0.4 is 5.32 Å². The fourth-order valence-electron chi connectivity index (χ4n) is 3.88. The highest BCUT2D eigenvalue weighted by molar-refractivity contribution is 5.70. The van der Waals surface area contributed by atoms with Crippen molar-refractivity contribution in [2.45, 2.75) is 77.3 Å². The molecule has 2 aliphatic rings. The van der Waals surface area contributed by atoms with Crippen molar-refractivity contribution in [1.82, 2.24) is 5.32 Å². The van der Waals surface area contributed by atoms with Gasteiger partial charge in [-0.2, -0.15) is 0 Å². The van der Waals surface area contributed by atoms with Gasteiger partial charge in [0.25, 0.3) is 0 Å². The third-order valence-corrected chi connectivity index (χ3v) is 5.15. The van der Waals surface area contributed by atoms with Crippen LogP contribution in [0.25, 0.3) is 0 Å². The Labute approximate surface area is 117 Å². The van der Waals surface area contributed by atoms with Crippen LogP contribution in [0.5, 0.6) is 0 Å². The molecule has 0 heterocycles. The molecule has 0 aromatic carbocycles. The highest BCUT2D eigenvalue weighted by Gasteiger charge is 2.30. The van der Waals surface area contributed by atoms with Crippen molar-refractivity contribution in [2.24, 2.45) is 17.8 Å². The summed E-state index contributed by atoms with van der Waals surface area (Å²) in [5, 5.41) is 12.9. The minimum atomic E-state index is -0.602. The Kier molecular flexibility index (Phi) is 5.26. The van der Waals surface area contributed by atoms with E-state index >= 15 is 0 Å². The normalized spacial score (nSPS) is 36.4. The fraction of sp³-hybridized carbons (Fsp3) is 0.938. The fourth-order valence-corrected chi connectivity index (χ4v) is 3.88. The van der Waals surface area contributed by atoms with Crippen molar-refractivity contribution in [3.63, 3.8) is 0 Å². The molecule has 2 aliphatic carbocycles. The molecular weight excluding hydrogens is 238 g/mol. The summed E-state index contributed by atoms with van der Waals surface area (Å²) in [5.74, 6) is 0.916. The van der Waals surface area contributed by atoms with Crippen LogP contribution in [0, 0.1) is 17.8 Å². The Morgan fingerprint density at radius 1 is 1.05 bits per heavy atom. The van der Waals surface area contributed by atoms with Gasteiger partial charge in [-0.15, -0.1) is 0 Å². The molecule has 3 nitrogen and oxygen atoms in total. The van der Waals surface area contributed by atoms with Crippen molar-refractivity contribution < 1.29 is 9.90 Å². The summed E-state index contributed by atoms with van der Waals surface area (Å²) >= 11 is 0. The number of carbonyl (C=O) groups is 1. The van der Waals surface area contributed by atoms with Crippen LogP contribution >= 0.6 is 0 Å². The van der Waals surface area contributed by atoms with Crippen molar-refractivity contribution in [3.8, 4) is 0 Å². The maximum absolute atomic E-state index is 11.1. The molecule has 4 atom stereocenters. The summed E-state index contributed by atoms with van der Waals surface area (Å²) in [6.07, 6.45) is 9.18. The van der Waals surface area contributed by atoms with Crippen molar-refractivity contribution in [1.29, 1.82) is 0 Å². The molecule has 0 aromatic heterocycles. The highest BCUT2D eigenvalue weighted by atomic mass is 16.4. The van der Waals surface area contributed by atoms with Gasteiger partial charge in [-0.3, -0.25) is 4.79 Å². The van der Waals surface area contributed by atoms with Crippen LogP contribution in [0.4, 0.5) is 0 Å². The molecule has 0 aromatic rings. The Morgan fingerprint density at radius 2 is 1.68 bits per heavy atom. The molecule has 0 radical (unpaired) electrons. The van der Waals surface area contributed by atoms with E-state index in [-0.39, 0.29) is 5.92 Å². The second kappa shape index (κ2) is 6.74. The van der Waals surface area contributed by atoms with Gasteiger partial charge in [0, 0.05) is 12.1 Å². The van der Waals surface area contributed by atoms with E-state index in [9.17, 15) is 4.79 Å². The summed E-state index contributed by atoms with van der Waals surface area (Å²) < 4.78 is 0. The van der Waals surface area contributed by atoms with E-state index in [0.29, 0.717) is 12.1 Å². The van der Waals surface area contributed by atoms with E-state index < -0.39 is 5.97 Å². The number of nitrogens with one attached hydrogen (secondary N) is 1. The number of carboxylic acids is 1. The molecule has 2 rings (SSSR count). The molecule has 0 bridgehead atoms. The number of hydrogen-bond donors (Lipinski definition) is 2. The second-order valence-electron chi connectivity index (χ2n) is 6.93. The molecule has 4 unspecified atom stereocenters. The standard InChI is InChI=1S/C16H29NO2/c1-11(2)12-5-3-7-14(9-12)17-15-8-4-6-13(10-15)16(18)19/h11-15,17H,3-10H2,1-2H3,(H,18,19). The second-order valence-corrected chi connectivity index (χ2v) is 6.93. The zero-order valence-corrected chi connectivity index (χ0v) is 12.4. The van der Waals surface area contributed by atoms with Crippen LogP contribution in [0.1, 0.15) is 65.2 Å². The largest absolute Gasteiger partial charge is 0.481 e. The van der Waals surface area contributed by atoms with Crippen LogP contribution in [-0.4, -0.2) is 23.2 Å². The maximum Gasteiger partial charge on any atom is 0.306 e. The van der Waals surface area contributed by atoms with E-state index in [1.54, 1.807) is 0 Å². The number of hydrogen-bond acceptors (Lipinski definition) is 2. The molecule has 110 valence electrons. The third-order valence-electron chi connectivity index (χ3n) is 5.15. The predicted molar refractivity (Wildman–Crippen MR) is 77.1 cm³/mol. The maximum atomic E-state index is 11.1. The predicted octanol–water partition coefficient (Wildman–Crippen LogP) is 3.43. The summed E-state index contributed by atoms with van der Waals surface area (Å²) in [5.41, 5.74) is 0. The van der Waals surface area contributed by atoms with Gasteiger partial charge >= 0.3 is 5.97 Å². The lowest BCUT2D eigenvalue weighted by Crippen LogP contribution is -2.44. The lowest BCUT2D eigenvalue weighted by Gasteiger charge is -2.36. The van der Waals surface area contributed by atoms with Gasteiger partial charge in [0.1, 0.15) is 0 Å². The van der Waals surface area contributed by atoms with Crippen LogP contribution in [0.2, 0.25) is 0 Å². The first kappa shape index (κ1) is 14.8. The molecule has 0 saturated heterocycles. The average Bonchev–Trinajstić information content (AvgIpc) is 2.39. The Balaban J connectivity index is 1.81. The summed E-state index contributed by atoms with van der Waals surface area (Å²) in [6.45, 7) is 4.65. The van der Waals surface area contributed by atoms with Crippen molar-refractivity contribution >= 4 is 5.97 Å². The molecule has 0 spiro atoms. The first-order chi connectivity index (χ1) is 9.06. The molecule has 19 heavy (non-hydrogen) atoms. The van der Waals surface area contributed by atoms with E-state index in [4.69, 9.17) is 5.11 Å². The van der Waals surface area contributed by atoms with Crippen molar-refractivity contribution in [2.75, 3.05) is 0 Å². The highest BCUT2D eigenvalue weighted by Crippen LogP contribution is 2.32. The quantitative estimate of drug-likeness (QED) is 0.820. The Hall–Kier alpha value is -0.570. The van der Waals surface area contributed by atoms with Gasteiger partial charge in [-0.25, -0.2) is 0 Å². The van der Waals surface area contributed by atoms with Gasteiger partial charge in [-0.1, -0.05) is 33.1 Å². The molecule has 2 fully saturated rings. The van der Waals surface area contributed by atoms with Gasteiger partial charge in [0.05, 0.1) is 5.92 Å². The SMILES string of the molecule is CC(C)C1CCCC(NC2CCCC(C(=O)O)C2)C1. The first-order valence-electron chi connectivity index (χ1n) is 8.05. The van der Waals surface area contributed by atoms with Crippen LogP contribution in [-0.2, 0) is 4.79 Å². The molecule has 0 aliphatic heterocycles. The summed E-state index contributed by atoms with van der Waals surface area (Å²) in [7, 11) is 0. The average molecular weight is 267 g/mol. The minimum Gasteiger partial charge on any atom is -0.481 e. The lowest BCUT2D eigenvalue weighted by molar-refractivity contribution is -0.143. The first-order valence-corrected chi connectivity index (χ1v) is 8.05. The summed E-state index contributed by atoms with van der Waals surface area (Å²) in [4.78, 5) is 11.1. The lowest BCUT2D eigenvalue weighted by atomic mass is 9.78. The van der Waals surface area contributed by atoms with E-state index in [1.165, 1.54) is 25.7 Å². The molecule has 3 heteroatoms. The van der Waals surface area contributed by atoms with Crippen LogP contribution in [0.15, 0.2) is 0 Å². The molecule has 2 N–H and O–H groups in total. The third kappa shape index (κ3) is 4.20. The zero-order chi connectivity index (χ0) is 13.8. The molecule has 2 saturated carbocycles. The van der Waals surface area contributed by atoms with E-state index in [2.05, 4.69) is 19.2 Å². The molecular formula is C16H29NO2. The smallest absolute Gasteiger partial charge is 0.306 e. The summed E-state index contributed by atoms with van der Waals surface area (Å²) in [6, 6.07) is 1.06. The Bertz CT molecular complexity index is 303. The number of rotatable bonds is 4. The van der Waals surface area contributed by atoms with E-state index in [0.717, 1.165) is 37.5 Å².